The van der Waals surface area contributed by atoms with Crippen LogP contribution in [0.5, 0.6) is 0 Å². The molecule has 0 bridgehead atoms. The number of hydrogen-bond acceptors (Lipinski definition) is 5. The fraction of sp³-hybridized carbons (Fsp3) is 0.316. The molecular formula is C19H19BrN4O3. The van der Waals surface area contributed by atoms with Gasteiger partial charge in [-0.2, -0.15) is 0 Å². The van der Waals surface area contributed by atoms with E-state index in [2.05, 4.69) is 26.0 Å². The molecule has 2 aromatic rings. The van der Waals surface area contributed by atoms with Crippen molar-refractivity contribution in [2.24, 2.45) is 11.0 Å². The summed E-state index contributed by atoms with van der Waals surface area (Å²) in [6.45, 7) is 0.594. The highest BCUT2D eigenvalue weighted by molar-refractivity contribution is 9.10. The van der Waals surface area contributed by atoms with E-state index in [-0.39, 0.29) is 6.61 Å². The number of rotatable bonds is 5. The number of benzene rings is 2. The maximum atomic E-state index is 12.5. The van der Waals surface area contributed by atoms with Crippen molar-refractivity contribution in [1.29, 1.82) is 0 Å². The summed E-state index contributed by atoms with van der Waals surface area (Å²) in [6.07, 6.45) is -0.685. The number of carbonyl (C=O) groups excluding carboxylic acids is 1. The van der Waals surface area contributed by atoms with Crippen LogP contribution in [-0.4, -0.2) is 29.9 Å². The number of ether oxygens (including phenoxy) is 1. The van der Waals surface area contributed by atoms with Crippen LogP contribution in [0.25, 0.3) is 10.4 Å². The van der Waals surface area contributed by atoms with Gasteiger partial charge in [0.15, 0.2) is 0 Å². The standard InChI is InChI=1S/C19H19BrN4O3/c20-14-6-8-15(9-7-14)24-11-10-16(17(18(24)25)22-23-21)19(26)27-12-13-4-2-1-3-5-13/h1-9,16-18,25H,10-12H2. The van der Waals surface area contributed by atoms with Gasteiger partial charge in [-0.05, 0) is 41.8 Å². The first-order valence-corrected chi connectivity index (χ1v) is 9.34. The van der Waals surface area contributed by atoms with Gasteiger partial charge in [0, 0.05) is 21.6 Å². The minimum atomic E-state index is -1.11. The highest BCUT2D eigenvalue weighted by Gasteiger charge is 2.41. The molecule has 3 rings (SSSR count). The summed E-state index contributed by atoms with van der Waals surface area (Å²) in [6, 6.07) is 15.9. The van der Waals surface area contributed by atoms with E-state index in [1.165, 1.54) is 0 Å². The molecule has 0 amide bonds. The van der Waals surface area contributed by atoms with Gasteiger partial charge in [0.25, 0.3) is 0 Å². The van der Waals surface area contributed by atoms with Crippen molar-refractivity contribution >= 4 is 27.6 Å². The van der Waals surface area contributed by atoms with E-state index in [0.717, 1.165) is 15.7 Å². The second-order valence-corrected chi connectivity index (χ2v) is 7.18. The van der Waals surface area contributed by atoms with Crippen LogP contribution < -0.4 is 4.90 Å². The number of piperidine rings is 1. The number of aliphatic hydroxyl groups excluding tert-OH is 1. The Hall–Kier alpha value is -2.54. The van der Waals surface area contributed by atoms with Crippen LogP contribution in [0.3, 0.4) is 0 Å². The van der Waals surface area contributed by atoms with Crippen molar-refractivity contribution in [1.82, 2.24) is 0 Å². The van der Waals surface area contributed by atoms with Gasteiger partial charge in [-0.3, -0.25) is 4.79 Å². The molecule has 1 fully saturated rings. The Balaban J connectivity index is 1.72. The maximum absolute atomic E-state index is 12.5. The predicted molar refractivity (Wildman–Crippen MR) is 105 cm³/mol. The van der Waals surface area contributed by atoms with Crippen molar-refractivity contribution in [2.75, 3.05) is 11.4 Å². The Kier molecular flexibility index (Phi) is 6.34. The zero-order valence-electron chi connectivity index (χ0n) is 14.5. The van der Waals surface area contributed by atoms with Crippen molar-refractivity contribution < 1.29 is 14.6 Å². The average molecular weight is 431 g/mol. The van der Waals surface area contributed by atoms with Crippen molar-refractivity contribution in [3.05, 3.63) is 75.1 Å². The molecule has 1 aliphatic heterocycles. The number of aliphatic hydroxyl groups is 1. The lowest BCUT2D eigenvalue weighted by Crippen LogP contribution is -2.53. The molecular weight excluding hydrogens is 412 g/mol. The summed E-state index contributed by atoms with van der Waals surface area (Å²) in [5.74, 6) is -1.16. The van der Waals surface area contributed by atoms with Crippen molar-refractivity contribution in [3.63, 3.8) is 0 Å². The summed E-state index contributed by atoms with van der Waals surface area (Å²) < 4.78 is 6.31. The molecule has 0 radical (unpaired) electrons. The molecule has 3 atom stereocenters. The van der Waals surface area contributed by atoms with Gasteiger partial charge in [0.2, 0.25) is 0 Å². The molecule has 1 N–H and O–H groups in total. The number of azide groups is 1. The Morgan fingerprint density at radius 3 is 2.63 bits per heavy atom. The Labute approximate surface area is 165 Å². The molecule has 2 aromatic carbocycles. The molecule has 0 spiro atoms. The first-order chi connectivity index (χ1) is 13.1. The summed E-state index contributed by atoms with van der Waals surface area (Å²) in [4.78, 5) is 17.1. The van der Waals surface area contributed by atoms with Gasteiger partial charge in [-0.1, -0.05) is 51.4 Å². The normalized spacial score (nSPS) is 22.0. The summed E-state index contributed by atoms with van der Waals surface area (Å²) in [7, 11) is 0. The third-order valence-electron chi connectivity index (χ3n) is 4.59. The van der Waals surface area contributed by atoms with Gasteiger partial charge in [-0.25, -0.2) is 0 Å². The van der Waals surface area contributed by atoms with Crippen LogP contribution in [0.1, 0.15) is 12.0 Å². The van der Waals surface area contributed by atoms with E-state index in [1.54, 1.807) is 4.90 Å². The molecule has 8 heteroatoms. The van der Waals surface area contributed by atoms with E-state index in [0.29, 0.717) is 13.0 Å². The van der Waals surface area contributed by atoms with Crippen LogP contribution in [0, 0.1) is 5.92 Å². The zero-order valence-corrected chi connectivity index (χ0v) is 16.1. The highest BCUT2D eigenvalue weighted by atomic mass is 79.9. The number of nitrogens with zero attached hydrogens (tertiary/aromatic N) is 4. The fourth-order valence-corrected chi connectivity index (χ4v) is 3.44. The second-order valence-electron chi connectivity index (χ2n) is 6.27. The van der Waals surface area contributed by atoms with Crippen LogP contribution >= 0.6 is 15.9 Å². The number of carbonyl (C=O) groups is 1. The predicted octanol–water partition coefficient (Wildman–Crippen LogP) is 4.02. The molecule has 0 aromatic heterocycles. The molecule has 7 nitrogen and oxygen atoms in total. The maximum Gasteiger partial charge on any atom is 0.309 e. The van der Waals surface area contributed by atoms with E-state index in [9.17, 15) is 9.90 Å². The van der Waals surface area contributed by atoms with E-state index in [4.69, 9.17) is 10.3 Å². The number of anilines is 1. The molecule has 1 saturated heterocycles. The molecule has 0 saturated carbocycles. The van der Waals surface area contributed by atoms with Gasteiger partial charge in [0.1, 0.15) is 12.8 Å². The molecule has 1 heterocycles. The van der Waals surface area contributed by atoms with Crippen LogP contribution in [0.4, 0.5) is 5.69 Å². The summed E-state index contributed by atoms with van der Waals surface area (Å²) in [5.41, 5.74) is 10.6. The topological polar surface area (TPSA) is 98.5 Å². The number of esters is 1. The summed E-state index contributed by atoms with van der Waals surface area (Å²) >= 11 is 3.38. The lowest BCUT2D eigenvalue weighted by Gasteiger charge is -2.41. The van der Waals surface area contributed by atoms with Crippen LogP contribution in [0.2, 0.25) is 0 Å². The SMILES string of the molecule is [N-]=[N+]=NC1C(C(=O)OCc2ccccc2)CCN(c2ccc(Br)cc2)C1O. The largest absolute Gasteiger partial charge is 0.461 e. The van der Waals surface area contributed by atoms with Crippen LogP contribution in [-0.2, 0) is 16.1 Å². The van der Waals surface area contributed by atoms with E-state index >= 15 is 0 Å². The minimum absolute atomic E-state index is 0.145. The quantitative estimate of drug-likeness (QED) is 0.335. The molecule has 140 valence electrons. The number of hydrogen-bond donors (Lipinski definition) is 1. The van der Waals surface area contributed by atoms with Crippen molar-refractivity contribution in [3.8, 4) is 0 Å². The molecule has 3 unspecified atom stereocenters. The third kappa shape index (κ3) is 4.60. The third-order valence-corrected chi connectivity index (χ3v) is 5.12. The molecule has 1 aliphatic rings. The summed E-state index contributed by atoms with van der Waals surface area (Å²) in [5, 5.41) is 14.4. The molecule has 27 heavy (non-hydrogen) atoms. The average Bonchev–Trinajstić information content (AvgIpc) is 2.69. The Morgan fingerprint density at radius 1 is 1.26 bits per heavy atom. The minimum Gasteiger partial charge on any atom is -0.461 e. The highest BCUT2D eigenvalue weighted by Crippen LogP contribution is 2.31. The van der Waals surface area contributed by atoms with Crippen LogP contribution in [0.15, 0.2) is 64.2 Å². The van der Waals surface area contributed by atoms with Gasteiger partial charge >= 0.3 is 5.97 Å². The van der Waals surface area contributed by atoms with Gasteiger partial charge in [0.05, 0.1) is 12.0 Å². The Morgan fingerprint density at radius 2 is 1.96 bits per heavy atom. The van der Waals surface area contributed by atoms with E-state index in [1.807, 2.05) is 54.6 Å². The monoisotopic (exact) mass is 430 g/mol. The first kappa shape index (κ1) is 19.2. The lowest BCUT2D eigenvalue weighted by atomic mass is 9.90. The van der Waals surface area contributed by atoms with E-state index < -0.39 is 24.2 Å². The fourth-order valence-electron chi connectivity index (χ4n) is 3.18. The number of halogens is 1. The van der Waals surface area contributed by atoms with Gasteiger partial charge < -0.3 is 14.7 Å². The first-order valence-electron chi connectivity index (χ1n) is 8.55. The molecule has 0 aliphatic carbocycles. The van der Waals surface area contributed by atoms with Crippen molar-refractivity contribution in [2.45, 2.75) is 25.3 Å². The Bertz CT molecular complexity index is 825. The lowest BCUT2D eigenvalue weighted by molar-refractivity contribution is -0.153. The van der Waals surface area contributed by atoms with Gasteiger partial charge in [-0.15, -0.1) is 0 Å². The second kappa shape index (κ2) is 8.90. The zero-order chi connectivity index (χ0) is 19.2. The smallest absolute Gasteiger partial charge is 0.309 e.